The van der Waals surface area contributed by atoms with Crippen LogP contribution in [-0.2, 0) is 4.79 Å². The lowest BCUT2D eigenvalue weighted by molar-refractivity contribution is -0.117. The fourth-order valence-electron chi connectivity index (χ4n) is 2.21. The predicted molar refractivity (Wildman–Crippen MR) is 106 cm³/mol. The van der Waals surface area contributed by atoms with Crippen molar-refractivity contribution < 1.29 is 14.7 Å². The molecular formula is C20H22N2O3S. The smallest absolute Gasteiger partial charge is 0.244 e. The van der Waals surface area contributed by atoms with Crippen molar-refractivity contribution in [3.8, 4) is 5.75 Å². The summed E-state index contributed by atoms with van der Waals surface area (Å²) in [6.07, 6.45) is 4.05. The molecule has 2 rings (SSSR count). The second-order valence-electron chi connectivity index (χ2n) is 5.63. The highest BCUT2D eigenvalue weighted by atomic mass is 32.1. The molecule has 26 heavy (non-hydrogen) atoms. The molecule has 0 radical (unpaired) electrons. The van der Waals surface area contributed by atoms with Gasteiger partial charge in [-0.25, -0.2) is 0 Å². The number of carbonyl (C=O) groups is 1. The van der Waals surface area contributed by atoms with E-state index in [4.69, 9.17) is 22.2 Å². The first-order valence-corrected chi connectivity index (χ1v) is 8.74. The molecule has 0 unspecified atom stereocenters. The summed E-state index contributed by atoms with van der Waals surface area (Å²) in [5, 5.41) is 11.7. The summed E-state index contributed by atoms with van der Waals surface area (Å²) in [5.74, 6) is 0.515. The number of hydrogen-bond donors (Lipinski definition) is 3. The molecule has 2 aromatic rings. The highest BCUT2D eigenvalue weighted by Crippen LogP contribution is 2.13. The Morgan fingerprint density at radius 3 is 2.50 bits per heavy atom. The van der Waals surface area contributed by atoms with E-state index in [1.807, 2.05) is 42.7 Å². The Morgan fingerprint density at radius 1 is 1.19 bits per heavy atom. The van der Waals surface area contributed by atoms with Crippen LogP contribution in [0.15, 0.2) is 60.7 Å². The maximum absolute atomic E-state index is 12.1. The minimum absolute atomic E-state index is 0.0946. The van der Waals surface area contributed by atoms with E-state index in [0.29, 0.717) is 17.9 Å². The van der Waals surface area contributed by atoms with E-state index >= 15 is 0 Å². The monoisotopic (exact) mass is 370 g/mol. The van der Waals surface area contributed by atoms with Gasteiger partial charge >= 0.3 is 0 Å². The highest BCUT2D eigenvalue weighted by Gasteiger charge is 2.10. The van der Waals surface area contributed by atoms with Crippen molar-refractivity contribution in [2.45, 2.75) is 19.4 Å². The average Bonchev–Trinajstić information content (AvgIpc) is 2.70. The van der Waals surface area contributed by atoms with Gasteiger partial charge in [0.05, 0.1) is 6.04 Å². The summed E-state index contributed by atoms with van der Waals surface area (Å²) < 4.78 is 5.73. The van der Waals surface area contributed by atoms with Crippen LogP contribution in [0, 0.1) is 0 Å². The third-order valence-corrected chi connectivity index (χ3v) is 4.06. The number of hydroxylamine groups is 1. The molecule has 0 heterocycles. The lowest BCUT2D eigenvalue weighted by Gasteiger charge is -2.17. The zero-order valence-electron chi connectivity index (χ0n) is 14.5. The first-order valence-electron chi connectivity index (χ1n) is 8.33. The maximum atomic E-state index is 12.1. The SMILES string of the molecule is CC[C@H](COc1ccc(C(=S)NO)cc1)NC(=O)C=Cc1ccccc1. The Morgan fingerprint density at radius 2 is 1.88 bits per heavy atom. The molecule has 0 fully saturated rings. The molecule has 1 amide bonds. The number of ether oxygens (including phenoxy) is 1. The summed E-state index contributed by atoms with van der Waals surface area (Å²) in [7, 11) is 0. The predicted octanol–water partition coefficient (Wildman–Crippen LogP) is 3.33. The Balaban J connectivity index is 1.84. The van der Waals surface area contributed by atoms with Crippen LogP contribution in [0.2, 0.25) is 0 Å². The number of amides is 1. The summed E-state index contributed by atoms with van der Waals surface area (Å²) in [6.45, 7) is 2.35. The summed E-state index contributed by atoms with van der Waals surface area (Å²) in [6, 6.07) is 16.6. The Kier molecular flexibility index (Phi) is 7.79. The molecular weight excluding hydrogens is 348 g/mol. The van der Waals surface area contributed by atoms with Crippen LogP contribution in [0.5, 0.6) is 5.75 Å². The van der Waals surface area contributed by atoms with Gasteiger partial charge in [0.2, 0.25) is 5.91 Å². The van der Waals surface area contributed by atoms with E-state index in [2.05, 4.69) is 5.32 Å². The van der Waals surface area contributed by atoms with Crippen LogP contribution in [0.1, 0.15) is 24.5 Å². The lowest BCUT2D eigenvalue weighted by atomic mass is 10.2. The molecule has 0 aliphatic heterocycles. The van der Waals surface area contributed by atoms with Crippen molar-refractivity contribution in [1.29, 1.82) is 0 Å². The second-order valence-corrected chi connectivity index (χ2v) is 6.04. The van der Waals surface area contributed by atoms with Crippen LogP contribution < -0.4 is 15.5 Å². The van der Waals surface area contributed by atoms with Gasteiger partial charge in [0, 0.05) is 11.6 Å². The molecule has 5 nitrogen and oxygen atoms in total. The molecule has 0 aliphatic carbocycles. The summed E-state index contributed by atoms with van der Waals surface area (Å²) >= 11 is 4.94. The molecule has 0 saturated carbocycles. The van der Waals surface area contributed by atoms with Gasteiger partial charge in [-0.1, -0.05) is 49.5 Å². The molecule has 0 aliphatic rings. The summed E-state index contributed by atoms with van der Waals surface area (Å²) in [5.41, 5.74) is 3.61. The van der Waals surface area contributed by atoms with Crippen LogP contribution in [-0.4, -0.2) is 28.8 Å². The van der Waals surface area contributed by atoms with Crippen molar-refractivity contribution in [3.63, 3.8) is 0 Å². The topological polar surface area (TPSA) is 70.6 Å². The number of hydrogen-bond acceptors (Lipinski definition) is 4. The van der Waals surface area contributed by atoms with Gasteiger partial charge in [-0.15, -0.1) is 0 Å². The molecule has 0 spiro atoms. The molecule has 2 aromatic carbocycles. The first-order chi connectivity index (χ1) is 12.6. The average molecular weight is 370 g/mol. The van der Waals surface area contributed by atoms with E-state index in [1.54, 1.807) is 30.3 Å². The van der Waals surface area contributed by atoms with E-state index in [1.165, 1.54) is 6.08 Å². The van der Waals surface area contributed by atoms with Crippen molar-refractivity contribution in [2.24, 2.45) is 0 Å². The molecule has 136 valence electrons. The lowest BCUT2D eigenvalue weighted by Crippen LogP contribution is -2.37. The number of thiocarbonyl (C=S) groups is 1. The fraction of sp³-hybridized carbons (Fsp3) is 0.200. The third-order valence-electron chi connectivity index (χ3n) is 3.74. The second kappa shape index (κ2) is 10.3. The quantitative estimate of drug-likeness (QED) is 0.378. The van der Waals surface area contributed by atoms with Gasteiger partial charge in [-0.2, -0.15) is 0 Å². The zero-order valence-corrected chi connectivity index (χ0v) is 15.3. The molecule has 6 heteroatoms. The number of benzene rings is 2. The largest absolute Gasteiger partial charge is 0.491 e. The molecule has 0 saturated heterocycles. The highest BCUT2D eigenvalue weighted by molar-refractivity contribution is 7.80. The normalized spacial score (nSPS) is 11.8. The van der Waals surface area contributed by atoms with Crippen LogP contribution in [0.4, 0.5) is 0 Å². The standard InChI is InChI=1S/C20H22N2O3S/c1-2-17(21-19(23)13-8-15-6-4-3-5-7-15)14-25-18-11-9-16(10-12-18)20(26)22-24/h3-13,17,24H,2,14H2,1H3,(H,21,23)(H,22,26)/t17-/m1/s1. The van der Waals surface area contributed by atoms with Gasteiger partial charge in [0.15, 0.2) is 0 Å². The van der Waals surface area contributed by atoms with Crippen LogP contribution in [0.3, 0.4) is 0 Å². The van der Waals surface area contributed by atoms with Crippen molar-refractivity contribution in [3.05, 3.63) is 71.8 Å². The van der Waals surface area contributed by atoms with Crippen LogP contribution in [0.25, 0.3) is 6.08 Å². The molecule has 0 aromatic heterocycles. The Labute approximate surface area is 158 Å². The van der Waals surface area contributed by atoms with Crippen molar-refractivity contribution in [1.82, 2.24) is 10.8 Å². The van der Waals surface area contributed by atoms with Gasteiger partial charge in [-0.05, 0) is 42.3 Å². The number of rotatable bonds is 8. The Bertz CT molecular complexity index is 745. The van der Waals surface area contributed by atoms with Gasteiger partial charge in [-0.3, -0.25) is 15.5 Å². The zero-order chi connectivity index (χ0) is 18.8. The maximum Gasteiger partial charge on any atom is 0.244 e. The fourth-order valence-corrected chi connectivity index (χ4v) is 2.35. The van der Waals surface area contributed by atoms with Gasteiger partial charge in [0.1, 0.15) is 17.3 Å². The molecule has 1 atom stereocenters. The summed E-state index contributed by atoms with van der Waals surface area (Å²) in [4.78, 5) is 12.3. The Hall–Kier alpha value is -2.70. The van der Waals surface area contributed by atoms with Gasteiger partial charge < -0.3 is 10.1 Å². The van der Waals surface area contributed by atoms with Crippen molar-refractivity contribution in [2.75, 3.05) is 6.61 Å². The van der Waals surface area contributed by atoms with Crippen molar-refractivity contribution >= 4 is 29.2 Å². The van der Waals surface area contributed by atoms with E-state index in [0.717, 1.165) is 12.0 Å². The van der Waals surface area contributed by atoms with Crippen LogP contribution >= 0.6 is 12.2 Å². The first kappa shape index (κ1) is 19.6. The number of nitrogens with one attached hydrogen (secondary N) is 2. The third kappa shape index (κ3) is 6.31. The minimum atomic E-state index is -0.154. The molecule has 0 bridgehead atoms. The molecule has 3 N–H and O–H groups in total. The van der Waals surface area contributed by atoms with E-state index in [-0.39, 0.29) is 16.9 Å². The van der Waals surface area contributed by atoms with E-state index in [9.17, 15) is 4.79 Å². The number of carbonyl (C=O) groups excluding carboxylic acids is 1. The van der Waals surface area contributed by atoms with Gasteiger partial charge in [0.25, 0.3) is 0 Å². The van der Waals surface area contributed by atoms with E-state index < -0.39 is 0 Å². The minimum Gasteiger partial charge on any atom is -0.491 e.